The van der Waals surface area contributed by atoms with Gasteiger partial charge < -0.3 is 9.84 Å². The maximum atomic E-state index is 12.4. The summed E-state index contributed by atoms with van der Waals surface area (Å²) in [6.07, 6.45) is -3.51. The first-order valence-corrected chi connectivity index (χ1v) is 4.54. The summed E-state index contributed by atoms with van der Waals surface area (Å²) in [5.41, 5.74) is 0. The van der Waals surface area contributed by atoms with Gasteiger partial charge in [0.1, 0.15) is 6.61 Å². The fourth-order valence-corrected chi connectivity index (χ4v) is 1.63. The number of alkyl halides is 3. The number of carbonyl (C=O) groups is 1. The van der Waals surface area contributed by atoms with E-state index >= 15 is 0 Å². The molecule has 0 spiro atoms. The lowest BCUT2D eigenvalue weighted by Gasteiger charge is -2.25. The molecule has 1 saturated heterocycles. The summed E-state index contributed by atoms with van der Waals surface area (Å²) in [5.74, 6) is -1.17. The third kappa shape index (κ3) is 3.67. The molecule has 1 aliphatic rings. The Labute approximate surface area is 84.6 Å². The second kappa shape index (κ2) is 4.80. The Kier molecular flexibility index (Phi) is 3.92. The van der Waals surface area contributed by atoms with Gasteiger partial charge in [0.25, 0.3) is 0 Å². The van der Waals surface area contributed by atoms with Crippen molar-refractivity contribution in [1.29, 1.82) is 0 Å². The SMILES string of the molecule is O=C(O)COCC1CCCN1C(F)(F)F. The molecule has 1 atom stereocenters. The average molecular weight is 227 g/mol. The number of ether oxygens (including phenoxy) is 1. The number of carboxylic acid groups (broad SMARTS) is 1. The summed E-state index contributed by atoms with van der Waals surface area (Å²) >= 11 is 0. The van der Waals surface area contributed by atoms with Gasteiger partial charge in [-0.2, -0.15) is 13.2 Å². The molecule has 0 aromatic carbocycles. The molecule has 15 heavy (non-hydrogen) atoms. The van der Waals surface area contributed by atoms with Crippen LogP contribution in [0.5, 0.6) is 0 Å². The van der Waals surface area contributed by atoms with E-state index in [1.165, 1.54) is 0 Å². The molecule has 0 aliphatic carbocycles. The quantitative estimate of drug-likeness (QED) is 0.730. The van der Waals surface area contributed by atoms with E-state index in [4.69, 9.17) is 5.11 Å². The van der Waals surface area contributed by atoms with Crippen LogP contribution >= 0.6 is 0 Å². The second-order valence-corrected chi connectivity index (χ2v) is 3.37. The first kappa shape index (κ1) is 12.3. The van der Waals surface area contributed by atoms with Gasteiger partial charge in [0.2, 0.25) is 0 Å². The third-order valence-electron chi connectivity index (χ3n) is 2.24. The zero-order chi connectivity index (χ0) is 11.5. The Morgan fingerprint density at radius 1 is 1.53 bits per heavy atom. The highest BCUT2D eigenvalue weighted by atomic mass is 19.4. The van der Waals surface area contributed by atoms with E-state index in [2.05, 4.69) is 4.74 Å². The average Bonchev–Trinajstić information content (AvgIpc) is 2.50. The lowest BCUT2D eigenvalue weighted by atomic mass is 10.2. The van der Waals surface area contributed by atoms with E-state index in [0.29, 0.717) is 17.7 Å². The van der Waals surface area contributed by atoms with Crippen LogP contribution in [-0.2, 0) is 9.53 Å². The van der Waals surface area contributed by atoms with Crippen molar-refractivity contribution < 1.29 is 27.8 Å². The van der Waals surface area contributed by atoms with Crippen LogP contribution in [0.1, 0.15) is 12.8 Å². The summed E-state index contributed by atoms with van der Waals surface area (Å²) in [6.45, 7) is -0.779. The standard InChI is InChI=1S/C8H12F3NO3/c9-8(10,11)12-3-1-2-6(12)4-15-5-7(13)14/h6H,1-5H2,(H,13,14). The normalized spacial score (nSPS) is 23.3. The molecule has 1 unspecified atom stereocenters. The molecule has 0 aromatic rings. The van der Waals surface area contributed by atoms with Crippen molar-refractivity contribution >= 4 is 5.97 Å². The van der Waals surface area contributed by atoms with Gasteiger partial charge in [-0.05, 0) is 12.8 Å². The number of likely N-dealkylation sites (tertiary alicyclic amines) is 1. The lowest BCUT2D eigenvalue weighted by molar-refractivity contribution is -0.253. The van der Waals surface area contributed by atoms with Gasteiger partial charge in [-0.3, -0.25) is 0 Å². The zero-order valence-electron chi connectivity index (χ0n) is 7.96. The molecule has 88 valence electrons. The van der Waals surface area contributed by atoms with Crippen molar-refractivity contribution in [1.82, 2.24) is 4.90 Å². The molecule has 0 bridgehead atoms. The van der Waals surface area contributed by atoms with Crippen LogP contribution in [0.25, 0.3) is 0 Å². The number of nitrogens with zero attached hydrogens (tertiary/aromatic N) is 1. The number of aliphatic carboxylic acids is 1. The van der Waals surface area contributed by atoms with E-state index in [-0.39, 0.29) is 13.2 Å². The highest BCUT2D eigenvalue weighted by Gasteiger charge is 2.44. The molecule has 0 aromatic heterocycles. The van der Waals surface area contributed by atoms with Crippen molar-refractivity contribution in [2.75, 3.05) is 19.8 Å². The molecule has 1 fully saturated rings. The van der Waals surface area contributed by atoms with Crippen molar-refractivity contribution in [2.24, 2.45) is 0 Å². The number of hydrogen-bond acceptors (Lipinski definition) is 3. The Morgan fingerprint density at radius 3 is 2.73 bits per heavy atom. The van der Waals surface area contributed by atoms with Crippen LogP contribution in [-0.4, -0.2) is 48.1 Å². The molecular weight excluding hydrogens is 215 g/mol. The molecule has 1 heterocycles. The van der Waals surface area contributed by atoms with Crippen LogP contribution in [0.3, 0.4) is 0 Å². The predicted molar refractivity (Wildman–Crippen MR) is 44.2 cm³/mol. The Morgan fingerprint density at radius 2 is 2.20 bits per heavy atom. The van der Waals surface area contributed by atoms with Gasteiger partial charge >= 0.3 is 12.3 Å². The molecule has 0 saturated carbocycles. The van der Waals surface area contributed by atoms with Crippen LogP contribution < -0.4 is 0 Å². The van der Waals surface area contributed by atoms with Gasteiger partial charge in [0.05, 0.1) is 6.61 Å². The first-order chi connectivity index (χ1) is 6.91. The fourth-order valence-electron chi connectivity index (χ4n) is 1.63. The predicted octanol–water partition coefficient (Wildman–Crippen LogP) is 1.07. The smallest absolute Gasteiger partial charge is 0.460 e. The molecule has 4 nitrogen and oxygen atoms in total. The Balaban J connectivity index is 2.37. The lowest BCUT2D eigenvalue weighted by Crippen LogP contribution is -2.43. The molecule has 1 rings (SSSR count). The highest BCUT2D eigenvalue weighted by molar-refractivity contribution is 5.67. The van der Waals surface area contributed by atoms with Crippen molar-refractivity contribution in [3.63, 3.8) is 0 Å². The maximum Gasteiger partial charge on any atom is 0.460 e. The molecule has 0 amide bonds. The minimum atomic E-state index is -4.35. The third-order valence-corrected chi connectivity index (χ3v) is 2.24. The summed E-state index contributed by atoms with van der Waals surface area (Å²) in [6, 6.07) is -0.746. The number of hydrogen-bond donors (Lipinski definition) is 1. The monoisotopic (exact) mass is 227 g/mol. The van der Waals surface area contributed by atoms with Gasteiger partial charge in [0.15, 0.2) is 0 Å². The first-order valence-electron chi connectivity index (χ1n) is 4.54. The molecule has 1 aliphatic heterocycles. The molecular formula is C8H12F3NO3. The maximum absolute atomic E-state index is 12.4. The van der Waals surface area contributed by atoms with Gasteiger partial charge in [-0.15, -0.1) is 0 Å². The number of halogens is 3. The van der Waals surface area contributed by atoms with E-state index in [9.17, 15) is 18.0 Å². The fraction of sp³-hybridized carbons (Fsp3) is 0.875. The zero-order valence-corrected chi connectivity index (χ0v) is 7.96. The molecule has 0 radical (unpaired) electrons. The van der Waals surface area contributed by atoms with Crippen LogP contribution in [0.15, 0.2) is 0 Å². The van der Waals surface area contributed by atoms with Crippen LogP contribution in [0.4, 0.5) is 13.2 Å². The molecule has 7 heteroatoms. The minimum Gasteiger partial charge on any atom is -0.480 e. The summed E-state index contributed by atoms with van der Waals surface area (Å²) in [7, 11) is 0. The van der Waals surface area contributed by atoms with Crippen molar-refractivity contribution in [3.8, 4) is 0 Å². The largest absolute Gasteiger partial charge is 0.480 e. The topological polar surface area (TPSA) is 49.8 Å². The van der Waals surface area contributed by atoms with Gasteiger partial charge in [-0.25, -0.2) is 9.69 Å². The molecule has 1 N–H and O–H groups in total. The number of rotatable bonds is 4. The van der Waals surface area contributed by atoms with Gasteiger partial charge in [0, 0.05) is 12.6 Å². The van der Waals surface area contributed by atoms with E-state index in [0.717, 1.165) is 0 Å². The summed E-state index contributed by atoms with van der Waals surface area (Å²) in [5, 5.41) is 8.25. The summed E-state index contributed by atoms with van der Waals surface area (Å²) < 4.78 is 41.7. The van der Waals surface area contributed by atoms with Gasteiger partial charge in [-0.1, -0.05) is 0 Å². The van der Waals surface area contributed by atoms with E-state index in [1.807, 2.05) is 0 Å². The van der Waals surface area contributed by atoms with Crippen LogP contribution in [0, 0.1) is 0 Å². The van der Waals surface area contributed by atoms with Crippen LogP contribution in [0.2, 0.25) is 0 Å². The Hall–Kier alpha value is -0.820. The highest BCUT2D eigenvalue weighted by Crippen LogP contribution is 2.30. The van der Waals surface area contributed by atoms with E-state index < -0.39 is 24.9 Å². The van der Waals surface area contributed by atoms with E-state index in [1.54, 1.807) is 0 Å². The van der Waals surface area contributed by atoms with Crippen molar-refractivity contribution in [3.05, 3.63) is 0 Å². The second-order valence-electron chi connectivity index (χ2n) is 3.37. The van der Waals surface area contributed by atoms with Crippen molar-refractivity contribution in [2.45, 2.75) is 25.2 Å². The summed E-state index contributed by atoms with van der Waals surface area (Å²) in [4.78, 5) is 10.5. The Bertz CT molecular complexity index is 232. The number of carboxylic acids is 1. The minimum absolute atomic E-state index is 0.0371.